The molecule has 0 bridgehead atoms. The zero-order valence-electron chi connectivity index (χ0n) is 12.7. The Morgan fingerprint density at radius 2 is 1.38 bits per heavy atom. The van der Waals surface area contributed by atoms with Crippen LogP contribution < -0.4 is 0 Å². The summed E-state index contributed by atoms with van der Waals surface area (Å²) in [7, 11) is 0. The van der Waals surface area contributed by atoms with E-state index < -0.39 is 0 Å². The minimum absolute atomic E-state index is 0.431. The van der Waals surface area contributed by atoms with Crippen molar-refractivity contribution in [3.63, 3.8) is 0 Å². The Kier molecular flexibility index (Phi) is 6.62. The van der Waals surface area contributed by atoms with Crippen LogP contribution in [0.3, 0.4) is 0 Å². The number of hydrogen-bond acceptors (Lipinski definition) is 1. The van der Waals surface area contributed by atoms with Crippen molar-refractivity contribution in [1.82, 2.24) is 4.90 Å². The number of nitrogens with zero attached hydrogens (tertiary/aromatic N) is 1. The predicted octanol–water partition coefficient (Wildman–Crippen LogP) is 4.57. The predicted molar refractivity (Wildman–Crippen MR) is 74.9 cm³/mol. The molecule has 0 N–H and O–H groups in total. The van der Waals surface area contributed by atoms with Crippen LogP contribution in [-0.4, -0.2) is 24.5 Å². The van der Waals surface area contributed by atoms with Crippen molar-refractivity contribution in [3.05, 3.63) is 0 Å². The number of rotatable bonds is 6. The maximum Gasteiger partial charge on any atom is 0.00299 e. The van der Waals surface area contributed by atoms with Crippen molar-refractivity contribution in [1.29, 1.82) is 0 Å². The van der Waals surface area contributed by atoms with E-state index in [4.69, 9.17) is 0 Å². The van der Waals surface area contributed by atoms with Crippen LogP contribution in [0.2, 0.25) is 0 Å². The molecule has 0 rings (SSSR count). The monoisotopic (exact) mass is 227 g/mol. The summed E-state index contributed by atoms with van der Waals surface area (Å²) in [6, 6.07) is 0. The van der Waals surface area contributed by atoms with Gasteiger partial charge in [0.2, 0.25) is 0 Å². The Morgan fingerprint density at radius 1 is 0.812 bits per heavy atom. The van der Waals surface area contributed by atoms with Gasteiger partial charge in [-0.15, -0.1) is 0 Å². The highest BCUT2D eigenvalue weighted by atomic mass is 15.1. The second-order valence-corrected chi connectivity index (χ2v) is 7.45. The van der Waals surface area contributed by atoms with Crippen LogP contribution in [0.1, 0.15) is 67.7 Å². The first-order valence-corrected chi connectivity index (χ1v) is 6.86. The third-order valence-corrected chi connectivity index (χ3v) is 2.80. The van der Waals surface area contributed by atoms with Crippen LogP contribution in [-0.2, 0) is 0 Å². The van der Waals surface area contributed by atoms with Crippen molar-refractivity contribution >= 4 is 0 Å². The first kappa shape index (κ1) is 16.0. The van der Waals surface area contributed by atoms with E-state index in [0.29, 0.717) is 10.8 Å². The molecule has 0 aliphatic rings. The largest absolute Gasteiger partial charge is 0.303 e. The molecule has 0 unspecified atom stereocenters. The highest BCUT2D eigenvalue weighted by Crippen LogP contribution is 2.22. The van der Waals surface area contributed by atoms with E-state index in [0.717, 1.165) is 0 Å². The summed E-state index contributed by atoms with van der Waals surface area (Å²) >= 11 is 0. The molecule has 0 radical (unpaired) electrons. The van der Waals surface area contributed by atoms with E-state index in [-0.39, 0.29) is 0 Å². The van der Waals surface area contributed by atoms with Crippen LogP contribution in [0.25, 0.3) is 0 Å². The van der Waals surface area contributed by atoms with E-state index >= 15 is 0 Å². The first-order chi connectivity index (χ1) is 7.14. The standard InChI is InChI=1S/C15H33N/c1-8-16(13-15(5,6)7)12-10-9-11-14(2,3)4/h8-13H2,1-7H3. The van der Waals surface area contributed by atoms with Crippen molar-refractivity contribution in [3.8, 4) is 0 Å². The number of hydrogen-bond donors (Lipinski definition) is 0. The van der Waals surface area contributed by atoms with Gasteiger partial charge in [-0.1, -0.05) is 54.9 Å². The van der Waals surface area contributed by atoms with Gasteiger partial charge in [0.05, 0.1) is 0 Å². The highest BCUT2D eigenvalue weighted by Gasteiger charge is 2.15. The van der Waals surface area contributed by atoms with Gasteiger partial charge < -0.3 is 4.90 Å². The Balaban J connectivity index is 3.72. The lowest BCUT2D eigenvalue weighted by Crippen LogP contribution is -2.33. The van der Waals surface area contributed by atoms with Crippen LogP contribution >= 0.6 is 0 Å². The fraction of sp³-hybridized carbons (Fsp3) is 1.00. The second-order valence-electron chi connectivity index (χ2n) is 7.45. The van der Waals surface area contributed by atoms with Gasteiger partial charge in [-0.25, -0.2) is 0 Å². The zero-order valence-corrected chi connectivity index (χ0v) is 12.7. The fourth-order valence-electron chi connectivity index (χ4n) is 2.01. The molecule has 0 aliphatic carbocycles. The molecule has 0 aliphatic heterocycles. The molecule has 0 spiro atoms. The molecule has 98 valence electrons. The summed E-state index contributed by atoms with van der Waals surface area (Å²) in [5.41, 5.74) is 0.932. The average Bonchev–Trinajstić information content (AvgIpc) is 2.06. The van der Waals surface area contributed by atoms with E-state index in [1.807, 2.05) is 0 Å². The summed E-state index contributed by atoms with van der Waals surface area (Å²) in [4.78, 5) is 2.59. The van der Waals surface area contributed by atoms with E-state index in [1.54, 1.807) is 0 Å². The Labute approximate surface area is 104 Å². The summed E-state index contributed by atoms with van der Waals surface area (Å²) in [6.45, 7) is 19.9. The summed E-state index contributed by atoms with van der Waals surface area (Å²) in [6.07, 6.45) is 4.06. The number of unbranched alkanes of at least 4 members (excludes halogenated alkanes) is 1. The lowest BCUT2D eigenvalue weighted by Gasteiger charge is -2.29. The van der Waals surface area contributed by atoms with Crippen LogP contribution in [0.5, 0.6) is 0 Å². The van der Waals surface area contributed by atoms with Gasteiger partial charge in [0, 0.05) is 6.54 Å². The van der Waals surface area contributed by atoms with Gasteiger partial charge in [0.25, 0.3) is 0 Å². The Hall–Kier alpha value is -0.0400. The topological polar surface area (TPSA) is 3.24 Å². The summed E-state index contributed by atoms with van der Waals surface area (Å²) in [5.74, 6) is 0. The normalized spacial score (nSPS) is 13.5. The van der Waals surface area contributed by atoms with Gasteiger partial charge in [0.1, 0.15) is 0 Å². The molecule has 0 saturated heterocycles. The van der Waals surface area contributed by atoms with Gasteiger partial charge in [-0.05, 0) is 36.8 Å². The van der Waals surface area contributed by atoms with Crippen molar-refractivity contribution in [2.24, 2.45) is 10.8 Å². The van der Waals surface area contributed by atoms with E-state index in [2.05, 4.69) is 53.4 Å². The highest BCUT2D eigenvalue weighted by molar-refractivity contribution is 4.69. The molecular formula is C15H33N. The molecule has 0 aromatic heterocycles. The maximum absolute atomic E-state index is 2.59. The third kappa shape index (κ3) is 10.5. The third-order valence-electron chi connectivity index (χ3n) is 2.80. The van der Waals surface area contributed by atoms with E-state index in [9.17, 15) is 0 Å². The van der Waals surface area contributed by atoms with Gasteiger partial charge in [0.15, 0.2) is 0 Å². The Bertz CT molecular complexity index is 171. The average molecular weight is 227 g/mol. The molecule has 0 aromatic carbocycles. The van der Waals surface area contributed by atoms with Crippen molar-refractivity contribution < 1.29 is 0 Å². The summed E-state index contributed by atoms with van der Waals surface area (Å²) < 4.78 is 0. The van der Waals surface area contributed by atoms with Gasteiger partial charge in [-0.3, -0.25) is 0 Å². The van der Waals surface area contributed by atoms with Crippen molar-refractivity contribution in [2.45, 2.75) is 67.7 Å². The van der Waals surface area contributed by atoms with Crippen LogP contribution in [0.15, 0.2) is 0 Å². The fourth-order valence-corrected chi connectivity index (χ4v) is 2.01. The smallest absolute Gasteiger partial charge is 0.00299 e. The Morgan fingerprint density at radius 3 is 1.75 bits per heavy atom. The molecule has 16 heavy (non-hydrogen) atoms. The van der Waals surface area contributed by atoms with Gasteiger partial charge >= 0.3 is 0 Å². The molecular weight excluding hydrogens is 194 g/mol. The van der Waals surface area contributed by atoms with Gasteiger partial charge in [-0.2, -0.15) is 0 Å². The maximum atomic E-state index is 2.59. The molecule has 0 saturated carbocycles. The SMILES string of the molecule is CCN(CCCCC(C)(C)C)CC(C)(C)C. The zero-order chi connectivity index (χ0) is 12.8. The summed E-state index contributed by atoms with van der Waals surface area (Å²) in [5, 5.41) is 0. The molecule has 1 heteroatoms. The van der Waals surface area contributed by atoms with Crippen LogP contribution in [0.4, 0.5) is 0 Å². The molecule has 0 fully saturated rings. The van der Waals surface area contributed by atoms with E-state index in [1.165, 1.54) is 38.9 Å². The molecule has 0 atom stereocenters. The lowest BCUT2D eigenvalue weighted by atomic mass is 9.90. The molecule has 0 heterocycles. The molecule has 0 amide bonds. The molecule has 0 aromatic rings. The minimum Gasteiger partial charge on any atom is -0.303 e. The minimum atomic E-state index is 0.431. The second kappa shape index (κ2) is 6.64. The van der Waals surface area contributed by atoms with Crippen LogP contribution in [0, 0.1) is 10.8 Å². The first-order valence-electron chi connectivity index (χ1n) is 6.86. The lowest BCUT2D eigenvalue weighted by molar-refractivity contribution is 0.193. The van der Waals surface area contributed by atoms with Crippen molar-refractivity contribution in [2.75, 3.05) is 19.6 Å². The molecule has 1 nitrogen and oxygen atoms in total. The quantitative estimate of drug-likeness (QED) is 0.601.